The fourth-order valence-corrected chi connectivity index (χ4v) is 2.29. The lowest BCUT2D eigenvalue weighted by Crippen LogP contribution is -2.35. The maximum Gasteiger partial charge on any atom is 0.123 e. The van der Waals surface area contributed by atoms with E-state index in [0.29, 0.717) is 6.10 Å². The minimum Gasteiger partial charge on any atom is -0.488 e. The number of rotatable bonds is 5. The molecular formula is C14H22N2O. The predicted octanol–water partition coefficient (Wildman–Crippen LogP) is 1.45. The molecule has 1 N–H and O–H groups in total. The third-order valence-electron chi connectivity index (χ3n) is 3.22. The highest BCUT2D eigenvalue weighted by Gasteiger charge is 2.23. The van der Waals surface area contributed by atoms with Crippen molar-refractivity contribution in [1.82, 2.24) is 10.2 Å². The van der Waals surface area contributed by atoms with Crippen LogP contribution in [0, 0.1) is 6.92 Å². The van der Waals surface area contributed by atoms with Crippen molar-refractivity contribution >= 4 is 0 Å². The molecule has 3 heteroatoms. The summed E-state index contributed by atoms with van der Waals surface area (Å²) in [5, 5.41) is 3.17. The molecule has 17 heavy (non-hydrogen) atoms. The lowest BCUT2D eigenvalue weighted by molar-refractivity contribution is 0.169. The third-order valence-corrected chi connectivity index (χ3v) is 3.22. The molecule has 0 saturated carbocycles. The fraction of sp³-hybridized carbons (Fsp3) is 0.571. The zero-order valence-electron chi connectivity index (χ0n) is 11.0. The second-order valence-corrected chi connectivity index (χ2v) is 4.92. The lowest BCUT2D eigenvalue weighted by Gasteiger charge is -2.20. The molecule has 0 aliphatic carbocycles. The molecule has 1 unspecified atom stereocenters. The van der Waals surface area contributed by atoms with Crippen LogP contribution in [0.15, 0.2) is 18.2 Å². The van der Waals surface area contributed by atoms with Gasteiger partial charge in [0.25, 0.3) is 0 Å². The molecule has 1 aliphatic heterocycles. The first-order valence-electron chi connectivity index (χ1n) is 6.28. The highest BCUT2D eigenvalue weighted by atomic mass is 16.5. The average Bonchev–Trinajstić information content (AvgIpc) is 2.67. The maximum absolute atomic E-state index is 5.95. The number of hydrogen-bond donors (Lipinski definition) is 1. The standard InChI is InChI=1S/C14H22N2O/c1-11-4-5-14-12(8-11)9-13(17-14)10-16(3)7-6-15-2/h4-5,8,13,15H,6-7,9-10H2,1-3H3. The van der Waals surface area contributed by atoms with Crippen molar-refractivity contribution < 1.29 is 4.74 Å². The van der Waals surface area contributed by atoms with Gasteiger partial charge in [-0.05, 0) is 32.6 Å². The number of benzene rings is 1. The van der Waals surface area contributed by atoms with Crippen molar-refractivity contribution in [2.24, 2.45) is 0 Å². The number of hydrogen-bond acceptors (Lipinski definition) is 3. The maximum atomic E-state index is 5.95. The second kappa shape index (κ2) is 5.52. The van der Waals surface area contributed by atoms with Crippen LogP contribution < -0.4 is 10.1 Å². The molecule has 1 aromatic rings. The minimum absolute atomic E-state index is 0.314. The van der Waals surface area contributed by atoms with Crippen LogP contribution in [0.1, 0.15) is 11.1 Å². The normalized spacial score (nSPS) is 18.2. The van der Waals surface area contributed by atoms with Crippen molar-refractivity contribution in [3.05, 3.63) is 29.3 Å². The number of aryl methyl sites for hydroxylation is 1. The Morgan fingerprint density at radius 3 is 3.06 bits per heavy atom. The summed E-state index contributed by atoms with van der Waals surface area (Å²) >= 11 is 0. The molecular weight excluding hydrogens is 212 g/mol. The van der Waals surface area contributed by atoms with Gasteiger partial charge < -0.3 is 15.0 Å². The van der Waals surface area contributed by atoms with Gasteiger partial charge in [-0.3, -0.25) is 0 Å². The molecule has 1 heterocycles. The molecule has 0 radical (unpaired) electrons. The van der Waals surface area contributed by atoms with Gasteiger partial charge in [0, 0.05) is 26.1 Å². The number of nitrogens with one attached hydrogen (secondary N) is 1. The van der Waals surface area contributed by atoms with Gasteiger partial charge in [-0.25, -0.2) is 0 Å². The van der Waals surface area contributed by atoms with Gasteiger partial charge >= 0.3 is 0 Å². The number of fused-ring (bicyclic) bond motifs is 1. The Morgan fingerprint density at radius 1 is 1.47 bits per heavy atom. The monoisotopic (exact) mass is 234 g/mol. The summed E-state index contributed by atoms with van der Waals surface area (Å²) in [5.41, 5.74) is 2.67. The van der Waals surface area contributed by atoms with E-state index in [4.69, 9.17) is 4.74 Å². The Labute approximate surface area is 104 Å². The number of ether oxygens (including phenoxy) is 1. The van der Waals surface area contributed by atoms with Crippen molar-refractivity contribution in [3.63, 3.8) is 0 Å². The van der Waals surface area contributed by atoms with E-state index < -0.39 is 0 Å². The molecule has 2 rings (SSSR count). The predicted molar refractivity (Wildman–Crippen MR) is 70.7 cm³/mol. The van der Waals surface area contributed by atoms with Crippen LogP contribution in [0.25, 0.3) is 0 Å². The summed E-state index contributed by atoms with van der Waals surface area (Å²) in [4.78, 5) is 2.32. The van der Waals surface area contributed by atoms with E-state index in [1.807, 2.05) is 7.05 Å². The van der Waals surface area contributed by atoms with Gasteiger partial charge in [-0.1, -0.05) is 17.7 Å². The number of nitrogens with zero attached hydrogens (tertiary/aromatic N) is 1. The van der Waals surface area contributed by atoms with E-state index in [9.17, 15) is 0 Å². The fourth-order valence-electron chi connectivity index (χ4n) is 2.29. The topological polar surface area (TPSA) is 24.5 Å². The van der Waals surface area contributed by atoms with Crippen molar-refractivity contribution in [2.75, 3.05) is 33.7 Å². The van der Waals surface area contributed by atoms with Crippen LogP contribution in [0.3, 0.4) is 0 Å². The summed E-state index contributed by atoms with van der Waals surface area (Å²) < 4.78 is 5.95. The summed E-state index contributed by atoms with van der Waals surface area (Å²) in [6.07, 6.45) is 1.36. The van der Waals surface area contributed by atoms with Crippen molar-refractivity contribution in [2.45, 2.75) is 19.4 Å². The third kappa shape index (κ3) is 3.20. The van der Waals surface area contributed by atoms with E-state index >= 15 is 0 Å². The zero-order valence-corrected chi connectivity index (χ0v) is 11.0. The van der Waals surface area contributed by atoms with Crippen LogP contribution >= 0.6 is 0 Å². The van der Waals surface area contributed by atoms with Gasteiger partial charge in [-0.15, -0.1) is 0 Å². The van der Waals surface area contributed by atoms with Crippen LogP contribution in [-0.2, 0) is 6.42 Å². The Morgan fingerprint density at radius 2 is 2.29 bits per heavy atom. The van der Waals surface area contributed by atoms with Crippen molar-refractivity contribution in [3.8, 4) is 5.75 Å². The Bertz CT molecular complexity index is 378. The molecule has 0 spiro atoms. The molecule has 0 saturated heterocycles. The zero-order chi connectivity index (χ0) is 12.3. The molecule has 1 aliphatic rings. The summed E-state index contributed by atoms with van der Waals surface area (Å²) in [7, 11) is 4.13. The summed E-state index contributed by atoms with van der Waals surface area (Å²) in [5.74, 6) is 1.07. The highest BCUT2D eigenvalue weighted by Crippen LogP contribution is 2.29. The van der Waals surface area contributed by atoms with Gasteiger partial charge in [0.2, 0.25) is 0 Å². The molecule has 0 amide bonds. The van der Waals surface area contributed by atoms with E-state index in [1.165, 1.54) is 11.1 Å². The van der Waals surface area contributed by atoms with Crippen LogP contribution in [0.4, 0.5) is 0 Å². The van der Waals surface area contributed by atoms with E-state index in [1.54, 1.807) is 0 Å². The Hall–Kier alpha value is -1.06. The van der Waals surface area contributed by atoms with E-state index in [-0.39, 0.29) is 0 Å². The molecule has 0 aromatic heterocycles. The first-order valence-corrected chi connectivity index (χ1v) is 6.28. The quantitative estimate of drug-likeness (QED) is 0.834. The molecule has 3 nitrogen and oxygen atoms in total. The molecule has 1 aromatic carbocycles. The first-order chi connectivity index (χ1) is 8.19. The minimum atomic E-state index is 0.314. The number of likely N-dealkylation sites (N-methyl/N-ethyl adjacent to an activating group) is 2. The van der Waals surface area contributed by atoms with Crippen LogP contribution in [0.2, 0.25) is 0 Å². The van der Waals surface area contributed by atoms with E-state index in [2.05, 4.69) is 42.4 Å². The largest absolute Gasteiger partial charge is 0.488 e. The Kier molecular flexibility index (Phi) is 4.02. The first kappa shape index (κ1) is 12.4. The molecule has 1 atom stereocenters. The van der Waals surface area contributed by atoms with Gasteiger partial charge in [-0.2, -0.15) is 0 Å². The van der Waals surface area contributed by atoms with Gasteiger partial charge in [0.05, 0.1) is 0 Å². The lowest BCUT2D eigenvalue weighted by atomic mass is 10.1. The van der Waals surface area contributed by atoms with Gasteiger partial charge in [0.1, 0.15) is 11.9 Å². The summed E-state index contributed by atoms with van der Waals surface area (Å²) in [6, 6.07) is 6.45. The van der Waals surface area contributed by atoms with E-state index in [0.717, 1.165) is 31.8 Å². The van der Waals surface area contributed by atoms with Crippen molar-refractivity contribution in [1.29, 1.82) is 0 Å². The van der Waals surface area contributed by atoms with Crippen LogP contribution in [0.5, 0.6) is 5.75 Å². The van der Waals surface area contributed by atoms with Crippen LogP contribution in [-0.4, -0.2) is 44.7 Å². The van der Waals surface area contributed by atoms with Gasteiger partial charge in [0.15, 0.2) is 0 Å². The Balaban J connectivity index is 1.87. The molecule has 94 valence electrons. The molecule has 0 bridgehead atoms. The highest BCUT2D eigenvalue weighted by molar-refractivity contribution is 5.40. The molecule has 0 fully saturated rings. The summed E-state index contributed by atoms with van der Waals surface area (Å²) in [6.45, 7) is 5.21. The average molecular weight is 234 g/mol. The SMILES string of the molecule is CNCCN(C)CC1Cc2cc(C)ccc2O1. The second-order valence-electron chi connectivity index (χ2n) is 4.92. The smallest absolute Gasteiger partial charge is 0.123 e.